The van der Waals surface area contributed by atoms with Crippen molar-refractivity contribution in [2.75, 3.05) is 19.5 Å². The summed E-state index contributed by atoms with van der Waals surface area (Å²) in [4.78, 5) is 24.2. The average molecular weight is 406 g/mol. The minimum absolute atomic E-state index is 0.000425. The second kappa shape index (κ2) is 8.41. The molecule has 0 heterocycles. The Morgan fingerprint density at radius 3 is 2.39 bits per heavy atom. The highest BCUT2D eigenvalue weighted by Gasteiger charge is 2.24. The van der Waals surface area contributed by atoms with E-state index in [1.165, 1.54) is 60.9 Å². The third kappa shape index (κ3) is 4.32. The van der Waals surface area contributed by atoms with Gasteiger partial charge >= 0.3 is 5.97 Å². The predicted octanol–water partition coefficient (Wildman–Crippen LogP) is 2.46. The van der Waals surface area contributed by atoms with Crippen molar-refractivity contribution in [3.05, 3.63) is 53.6 Å². The fraction of sp³-hybridized carbons (Fsp3) is 0.263. The van der Waals surface area contributed by atoms with Crippen molar-refractivity contribution < 1.29 is 27.9 Å². The summed E-state index contributed by atoms with van der Waals surface area (Å²) < 4.78 is 31.0. The molecule has 2 aromatic rings. The molecule has 2 rings (SSSR count). The lowest BCUT2D eigenvalue weighted by molar-refractivity contribution is 0.0597. The largest absolute Gasteiger partial charge is 0.505 e. The van der Waals surface area contributed by atoms with Crippen molar-refractivity contribution in [1.29, 1.82) is 0 Å². The number of aromatic hydroxyl groups is 1. The van der Waals surface area contributed by atoms with Crippen molar-refractivity contribution in [1.82, 2.24) is 4.31 Å². The Bertz CT molecular complexity index is 1000. The zero-order valence-corrected chi connectivity index (χ0v) is 16.8. The van der Waals surface area contributed by atoms with Crippen LogP contribution in [-0.2, 0) is 14.8 Å². The molecule has 8 nitrogen and oxygen atoms in total. The monoisotopic (exact) mass is 406 g/mol. The number of amides is 1. The third-order valence-corrected chi connectivity index (χ3v) is 6.22. The van der Waals surface area contributed by atoms with Crippen LogP contribution in [0, 0.1) is 0 Å². The number of para-hydroxylation sites is 1. The number of rotatable bonds is 6. The van der Waals surface area contributed by atoms with Crippen LogP contribution in [0.2, 0.25) is 0 Å². The second-order valence-corrected chi connectivity index (χ2v) is 8.29. The number of nitrogens with zero attached hydrogens (tertiary/aromatic N) is 1. The first-order valence-electron chi connectivity index (χ1n) is 8.39. The maximum absolute atomic E-state index is 12.6. The number of methoxy groups -OCH3 is 1. The van der Waals surface area contributed by atoms with Gasteiger partial charge in [-0.15, -0.1) is 0 Å². The van der Waals surface area contributed by atoms with Crippen LogP contribution in [0.1, 0.15) is 34.6 Å². The van der Waals surface area contributed by atoms with E-state index in [-0.39, 0.29) is 27.8 Å². The summed E-state index contributed by atoms with van der Waals surface area (Å²) >= 11 is 0. The summed E-state index contributed by atoms with van der Waals surface area (Å²) in [5.41, 5.74) is -0.0169. The summed E-state index contributed by atoms with van der Waals surface area (Å²) in [6.07, 6.45) is 0. The van der Waals surface area contributed by atoms with Gasteiger partial charge in [0.25, 0.3) is 5.91 Å². The van der Waals surface area contributed by atoms with Crippen LogP contribution in [0.5, 0.6) is 5.75 Å². The van der Waals surface area contributed by atoms with E-state index < -0.39 is 27.6 Å². The summed E-state index contributed by atoms with van der Waals surface area (Å²) in [5.74, 6) is -1.83. The number of nitrogens with one attached hydrogen (secondary N) is 1. The number of sulfonamides is 1. The SMILES string of the molecule is COC(=O)c1cccc(NC(=O)c2cccc(S(=O)(=O)N(C)C(C)C)c2)c1O. The lowest BCUT2D eigenvalue weighted by Gasteiger charge is -2.21. The maximum atomic E-state index is 12.6. The molecular weight excluding hydrogens is 384 g/mol. The number of ether oxygens (including phenoxy) is 1. The molecule has 0 saturated carbocycles. The number of esters is 1. The number of phenolic OH excluding ortho intramolecular Hbond substituents is 1. The molecule has 150 valence electrons. The molecule has 0 saturated heterocycles. The zero-order valence-electron chi connectivity index (χ0n) is 16.0. The van der Waals surface area contributed by atoms with Gasteiger partial charge in [-0.2, -0.15) is 4.31 Å². The van der Waals surface area contributed by atoms with Crippen LogP contribution in [0.4, 0.5) is 5.69 Å². The Balaban J connectivity index is 2.34. The predicted molar refractivity (Wildman–Crippen MR) is 104 cm³/mol. The number of benzene rings is 2. The Hall–Kier alpha value is -2.91. The van der Waals surface area contributed by atoms with Gasteiger partial charge in [-0.1, -0.05) is 12.1 Å². The van der Waals surface area contributed by atoms with E-state index in [9.17, 15) is 23.1 Å². The smallest absolute Gasteiger partial charge is 0.341 e. The molecule has 0 spiro atoms. The first-order chi connectivity index (χ1) is 13.1. The summed E-state index contributed by atoms with van der Waals surface area (Å²) in [7, 11) is -1.12. The normalized spacial score (nSPS) is 11.5. The van der Waals surface area contributed by atoms with Crippen LogP contribution >= 0.6 is 0 Å². The summed E-state index contributed by atoms with van der Waals surface area (Å²) in [5, 5.41) is 12.7. The summed E-state index contributed by atoms with van der Waals surface area (Å²) in [6, 6.07) is 9.55. The average Bonchev–Trinajstić information content (AvgIpc) is 2.68. The van der Waals surface area contributed by atoms with Gasteiger partial charge in [0.05, 0.1) is 17.7 Å². The van der Waals surface area contributed by atoms with Crippen molar-refractivity contribution in [2.24, 2.45) is 0 Å². The molecule has 0 bridgehead atoms. The molecule has 2 aromatic carbocycles. The van der Waals surface area contributed by atoms with Crippen LogP contribution in [0.25, 0.3) is 0 Å². The van der Waals surface area contributed by atoms with Gasteiger partial charge in [-0.3, -0.25) is 4.79 Å². The molecule has 1 amide bonds. The maximum Gasteiger partial charge on any atom is 0.341 e. The molecule has 0 aliphatic rings. The second-order valence-electron chi connectivity index (χ2n) is 6.29. The van der Waals surface area contributed by atoms with Crippen molar-refractivity contribution in [3.8, 4) is 5.75 Å². The van der Waals surface area contributed by atoms with Gasteiger partial charge in [0.15, 0.2) is 5.75 Å². The molecule has 0 unspecified atom stereocenters. The van der Waals surface area contributed by atoms with E-state index in [4.69, 9.17) is 0 Å². The molecule has 0 aromatic heterocycles. The van der Waals surface area contributed by atoms with E-state index in [0.29, 0.717) is 0 Å². The number of phenols is 1. The Kier molecular flexibility index (Phi) is 6.42. The van der Waals surface area contributed by atoms with E-state index in [1.807, 2.05) is 0 Å². The van der Waals surface area contributed by atoms with E-state index >= 15 is 0 Å². The van der Waals surface area contributed by atoms with E-state index in [0.717, 1.165) is 0 Å². The lowest BCUT2D eigenvalue weighted by atomic mass is 10.1. The van der Waals surface area contributed by atoms with Gasteiger partial charge in [0.2, 0.25) is 10.0 Å². The molecule has 2 N–H and O–H groups in total. The minimum Gasteiger partial charge on any atom is -0.505 e. The number of carbonyl (C=O) groups excluding carboxylic acids is 2. The molecule has 0 atom stereocenters. The van der Waals surface area contributed by atoms with Gasteiger partial charge < -0.3 is 15.2 Å². The fourth-order valence-electron chi connectivity index (χ4n) is 2.36. The summed E-state index contributed by atoms with van der Waals surface area (Å²) in [6.45, 7) is 3.48. The van der Waals surface area contributed by atoms with Crippen LogP contribution in [-0.4, -0.2) is 49.9 Å². The Morgan fingerprint density at radius 2 is 1.79 bits per heavy atom. The molecule has 0 aliphatic heterocycles. The van der Waals surface area contributed by atoms with Crippen molar-refractivity contribution in [2.45, 2.75) is 24.8 Å². The molecule has 28 heavy (non-hydrogen) atoms. The highest BCUT2D eigenvalue weighted by atomic mass is 32.2. The van der Waals surface area contributed by atoms with Crippen LogP contribution < -0.4 is 5.32 Å². The minimum atomic E-state index is -3.75. The first-order valence-corrected chi connectivity index (χ1v) is 9.83. The first kappa shape index (κ1) is 21.4. The number of hydrogen-bond donors (Lipinski definition) is 2. The molecule has 0 aliphatic carbocycles. The van der Waals surface area contributed by atoms with E-state index in [1.54, 1.807) is 13.8 Å². The highest BCUT2D eigenvalue weighted by Crippen LogP contribution is 2.28. The quantitative estimate of drug-likeness (QED) is 0.563. The van der Waals surface area contributed by atoms with Crippen molar-refractivity contribution in [3.63, 3.8) is 0 Å². The zero-order chi connectivity index (χ0) is 21.1. The number of anilines is 1. The number of hydrogen-bond acceptors (Lipinski definition) is 6. The molecule has 9 heteroatoms. The molecular formula is C19H22N2O6S. The third-order valence-electron chi connectivity index (χ3n) is 4.19. The highest BCUT2D eigenvalue weighted by molar-refractivity contribution is 7.89. The lowest BCUT2D eigenvalue weighted by Crippen LogP contribution is -2.33. The number of carbonyl (C=O) groups is 2. The van der Waals surface area contributed by atoms with E-state index in [2.05, 4.69) is 10.1 Å². The molecule has 0 fully saturated rings. The van der Waals surface area contributed by atoms with Crippen LogP contribution in [0.3, 0.4) is 0 Å². The van der Waals surface area contributed by atoms with Gasteiger partial charge in [0, 0.05) is 18.7 Å². The van der Waals surface area contributed by atoms with Crippen LogP contribution in [0.15, 0.2) is 47.4 Å². The van der Waals surface area contributed by atoms with Crippen molar-refractivity contribution >= 4 is 27.6 Å². The Labute approximate surface area is 163 Å². The van der Waals surface area contributed by atoms with Gasteiger partial charge in [-0.05, 0) is 44.2 Å². The Morgan fingerprint density at radius 1 is 1.14 bits per heavy atom. The topological polar surface area (TPSA) is 113 Å². The standard InChI is InChI=1S/C19H22N2O6S/c1-12(2)21(3)28(25,26)14-8-5-7-13(11-14)18(23)20-16-10-6-9-15(17(16)22)19(24)27-4/h5-12,22H,1-4H3,(H,20,23). The van der Waals surface area contributed by atoms with Gasteiger partial charge in [0.1, 0.15) is 5.56 Å². The van der Waals surface area contributed by atoms with Gasteiger partial charge in [-0.25, -0.2) is 13.2 Å². The molecule has 0 radical (unpaired) electrons. The fourth-order valence-corrected chi connectivity index (χ4v) is 3.77.